The van der Waals surface area contributed by atoms with Gasteiger partial charge in [-0.3, -0.25) is 0 Å². The Morgan fingerprint density at radius 2 is 1.79 bits per heavy atom. The average molecular weight is 286 g/mol. The minimum atomic E-state index is -1.33. The summed E-state index contributed by atoms with van der Waals surface area (Å²) in [6.45, 7) is 1.53. The van der Waals surface area contributed by atoms with Crippen LogP contribution < -0.4 is 0 Å². The van der Waals surface area contributed by atoms with E-state index in [1.807, 2.05) is 31.2 Å². The van der Waals surface area contributed by atoms with Crippen molar-refractivity contribution >= 4 is 11.8 Å². The van der Waals surface area contributed by atoms with Crippen molar-refractivity contribution in [2.75, 3.05) is 6.61 Å². The largest absolute Gasteiger partial charge is 0.394 e. The summed E-state index contributed by atoms with van der Waals surface area (Å²) >= 11 is 1.27. The second kappa shape index (κ2) is 6.21. The molecule has 1 aliphatic rings. The minimum Gasteiger partial charge on any atom is -0.394 e. The Morgan fingerprint density at radius 1 is 1.11 bits per heavy atom. The van der Waals surface area contributed by atoms with E-state index in [0.717, 1.165) is 10.5 Å². The summed E-state index contributed by atoms with van der Waals surface area (Å²) < 4.78 is 5.44. The van der Waals surface area contributed by atoms with Crippen LogP contribution in [0.3, 0.4) is 0 Å². The van der Waals surface area contributed by atoms with Gasteiger partial charge in [0.25, 0.3) is 0 Å². The molecule has 1 aromatic rings. The van der Waals surface area contributed by atoms with E-state index in [9.17, 15) is 15.3 Å². The molecule has 1 saturated heterocycles. The molecule has 5 atom stereocenters. The molecule has 0 unspecified atom stereocenters. The fourth-order valence-electron chi connectivity index (χ4n) is 1.98. The van der Waals surface area contributed by atoms with Crippen LogP contribution in [0.5, 0.6) is 0 Å². The number of aliphatic hydroxyl groups excluding tert-OH is 4. The van der Waals surface area contributed by atoms with Gasteiger partial charge >= 0.3 is 0 Å². The molecule has 0 spiro atoms. The van der Waals surface area contributed by atoms with Crippen LogP contribution in [-0.2, 0) is 4.74 Å². The molecule has 0 saturated carbocycles. The predicted molar refractivity (Wildman–Crippen MR) is 70.8 cm³/mol. The van der Waals surface area contributed by atoms with Gasteiger partial charge in [0.2, 0.25) is 0 Å². The van der Waals surface area contributed by atoms with Crippen LogP contribution in [0.15, 0.2) is 29.2 Å². The van der Waals surface area contributed by atoms with Crippen molar-refractivity contribution in [2.24, 2.45) is 0 Å². The number of hydrogen-bond donors (Lipinski definition) is 4. The van der Waals surface area contributed by atoms with E-state index in [1.54, 1.807) is 0 Å². The van der Waals surface area contributed by atoms with Crippen LogP contribution in [-0.4, -0.2) is 56.9 Å². The van der Waals surface area contributed by atoms with Gasteiger partial charge in [0.15, 0.2) is 0 Å². The summed E-state index contributed by atoms with van der Waals surface area (Å²) in [5.74, 6) is 0. The summed E-state index contributed by atoms with van der Waals surface area (Å²) in [5.41, 5.74) is 0.307. The quantitative estimate of drug-likeness (QED) is 0.620. The van der Waals surface area contributed by atoms with Crippen LogP contribution in [0.4, 0.5) is 0 Å². The molecule has 0 radical (unpaired) electrons. The third-order valence-corrected chi connectivity index (χ3v) is 4.52. The van der Waals surface area contributed by atoms with Crippen molar-refractivity contribution in [3.05, 3.63) is 29.8 Å². The maximum absolute atomic E-state index is 9.94. The molecule has 1 fully saturated rings. The maximum atomic E-state index is 9.94. The highest BCUT2D eigenvalue weighted by Crippen LogP contribution is 2.34. The number of benzene rings is 1. The lowest BCUT2D eigenvalue weighted by Crippen LogP contribution is -2.57. The van der Waals surface area contributed by atoms with Crippen molar-refractivity contribution in [3.8, 4) is 0 Å². The van der Waals surface area contributed by atoms with Gasteiger partial charge in [-0.2, -0.15) is 0 Å². The van der Waals surface area contributed by atoms with Gasteiger partial charge in [-0.15, -0.1) is 0 Å². The highest BCUT2D eigenvalue weighted by atomic mass is 32.2. The fraction of sp³-hybridized carbons (Fsp3) is 0.538. The first-order valence-electron chi connectivity index (χ1n) is 6.07. The van der Waals surface area contributed by atoms with Crippen molar-refractivity contribution < 1.29 is 25.2 Å². The molecule has 106 valence electrons. The van der Waals surface area contributed by atoms with Crippen molar-refractivity contribution in [1.29, 1.82) is 0 Å². The molecular formula is C13H18O5S. The first-order valence-corrected chi connectivity index (χ1v) is 6.95. The first-order chi connectivity index (χ1) is 9.04. The zero-order valence-electron chi connectivity index (χ0n) is 10.5. The maximum Gasteiger partial charge on any atom is 0.136 e. The topological polar surface area (TPSA) is 90.2 Å². The number of aryl methyl sites for hydroxylation is 1. The average Bonchev–Trinajstić information content (AvgIpc) is 2.41. The predicted octanol–water partition coefficient (Wildman–Crippen LogP) is -0.113. The molecule has 19 heavy (non-hydrogen) atoms. The normalized spacial score (nSPS) is 35.3. The molecular weight excluding hydrogens is 268 g/mol. The summed E-state index contributed by atoms with van der Waals surface area (Å²) in [7, 11) is 0. The lowest BCUT2D eigenvalue weighted by atomic mass is 10.0. The van der Waals surface area contributed by atoms with Gasteiger partial charge in [-0.25, -0.2) is 0 Å². The van der Waals surface area contributed by atoms with Crippen molar-refractivity contribution in [2.45, 2.75) is 41.7 Å². The van der Waals surface area contributed by atoms with E-state index in [4.69, 9.17) is 9.84 Å². The van der Waals surface area contributed by atoms with Crippen LogP contribution in [0.2, 0.25) is 0 Å². The second-order valence-corrected chi connectivity index (χ2v) is 5.72. The summed E-state index contributed by atoms with van der Waals surface area (Å²) in [4.78, 5) is 0.923. The third-order valence-electron chi connectivity index (χ3n) is 3.19. The summed E-state index contributed by atoms with van der Waals surface area (Å²) in [6, 6.07) is 7.61. The van der Waals surface area contributed by atoms with Gasteiger partial charge in [0, 0.05) is 4.90 Å². The molecule has 1 heterocycles. The smallest absolute Gasteiger partial charge is 0.136 e. The molecule has 2 rings (SSSR count). The van der Waals surface area contributed by atoms with Crippen LogP contribution in [0.1, 0.15) is 5.56 Å². The Balaban J connectivity index is 2.13. The minimum absolute atomic E-state index is 0.407. The zero-order valence-corrected chi connectivity index (χ0v) is 11.3. The van der Waals surface area contributed by atoms with Crippen molar-refractivity contribution in [3.63, 3.8) is 0 Å². The fourth-order valence-corrected chi connectivity index (χ4v) is 3.14. The second-order valence-electron chi connectivity index (χ2n) is 4.58. The molecule has 5 nitrogen and oxygen atoms in total. The first kappa shape index (κ1) is 14.8. The number of hydrogen-bond acceptors (Lipinski definition) is 6. The Labute approximate surface area is 115 Å². The van der Waals surface area contributed by atoms with Crippen molar-refractivity contribution in [1.82, 2.24) is 0 Å². The lowest BCUT2D eigenvalue weighted by Gasteiger charge is -2.39. The van der Waals surface area contributed by atoms with Gasteiger partial charge in [-0.1, -0.05) is 30.0 Å². The number of rotatable bonds is 3. The Morgan fingerprint density at radius 3 is 2.42 bits per heavy atom. The van der Waals surface area contributed by atoms with E-state index >= 15 is 0 Å². The molecule has 0 amide bonds. The third kappa shape index (κ3) is 3.10. The molecule has 0 bridgehead atoms. The monoisotopic (exact) mass is 286 g/mol. The molecule has 1 aliphatic heterocycles. The van der Waals surface area contributed by atoms with Gasteiger partial charge < -0.3 is 25.2 Å². The number of aliphatic hydroxyl groups is 4. The number of ether oxygens (including phenoxy) is 1. The molecule has 0 aliphatic carbocycles. The van der Waals surface area contributed by atoms with Gasteiger partial charge in [-0.05, 0) is 18.6 Å². The lowest BCUT2D eigenvalue weighted by molar-refractivity contribution is -0.205. The van der Waals surface area contributed by atoms with E-state index in [-0.39, 0.29) is 0 Å². The van der Waals surface area contributed by atoms with Gasteiger partial charge in [0.1, 0.15) is 29.9 Å². The number of thioether (sulfide) groups is 1. The van der Waals surface area contributed by atoms with E-state index < -0.39 is 36.5 Å². The summed E-state index contributed by atoms with van der Waals surface area (Å²) in [5, 5.41) is 38.5. The highest BCUT2D eigenvalue weighted by Gasteiger charge is 2.43. The van der Waals surface area contributed by atoms with Crippen LogP contribution in [0, 0.1) is 6.92 Å². The molecule has 4 N–H and O–H groups in total. The standard InChI is InChI=1S/C13H18O5S/c1-7-4-2-3-5-9(7)19-13-12(17)11(16)10(15)8(6-14)18-13/h2-5,8,10-17H,6H2,1H3/t8-,10-,11+,12-,13-/m1/s1. The Kier molecular flexibility index (Phi) is 4.83. The zero-order chi connectivity index (χ0) is 14.0. The Bertz CT molecular complexity index is 425. The SMILES string of the molecule is Cc1ccccc1S[C@H]1O[C@H](CO)[C@@H](O)[C@H](O)[C@H]1O. The van der Waals surface area contributed by atoms with E-state index in [2.05, 4.69) is 0 Å². The molecule has 0 aromatic heterocycles. The van der Waals surface area contributed by atoms with Crippen LogP contribution >= 0.6 is 11.8 Å². The molecule has 6 heteroatoms. The van der Waals surface area contributed by atoms with Crippen LogP contribution in [0.25, 0.3) is 0 Å². The van der Waals surface area contributed by atoms with Gasteiger partial charge in [0.05, 0.1) is 6.61 Å². The highest BCUT2D eigenvalue weighted by molar-refractivity contribution is 7.99. The Hall–Kier alpha value is -0.630. The van der Waals surface area contributed by atoms with E-state index in [0.29, 0.717) is 0 Å². The van der Waals surface area contributed by atoms with E-state index in [1.165, 1.54) is 11.8 Å². The molecule has 1 aromatic carbocycles. The summed E-state index contributed by atoms with van der Waals surface area (Å²) in [6.07, 6.45) is -4.71.